The molecule has 9 rings (SSSR count). The second-order valence-electron chi connectivity index (χ2n) is 19.0. The predicted octanol–water partition coefficient (Wildman–Crippen LogP) is 8.28. The van der Waals surface area contributed by atoms with Crippen molar-refractivity contribution in [2.75, 3.05) is 48.6 Å². The number of hydrogen-bond donors (Lipinski definition) is 2. The number of aliphatic hydroxyl groups excluding tert-OH is 1. The molecule has 2 N–H and O–H groups in total. The Hall–Kier alpha value is -6.70. The first kappa shape index (κ1) is 47.4. The number of aromatic nitrogens is 3. The first-order chi connectivity index (χ1) is 32.7. The maximum Gasteiger partial charge on any atom is 0.417 e. The minimum absolute atomic E-state index is 0.0114. The fourth-order valence-electron chi connectivity index (χ4n) is 10.3. The molecule has 15 nitrogen and oxygen atoms in total. The zero-order valence-corrected chi connectivity index (χ0v) is 39.0. The van der Waals surface area contributed by atoms with Crippen LogP contribution in [0.25, 0.3) is 22.2 Å². The number of carboxylic acids is 1. The third-order valence-electron chi connectivity index (χ3n) is 13.7. The molecule has 1 unspecified atom stereocenters. The van der Waals surface area contributed by atoms with Gasteiger partial charge in [0.1, 0.15) is 51.4 Å². The highest BCUT2D eigenvalue weighted by Crippen LogP contribution is 2.50. The van der Waals surface area contributed by atoms with E-state index in [1.165, 1.54) is 24.0 Å². The lowest BCUT2D eigenvalue weighted by Gasteiger charge is -2.49. The molecule has 5 atom stereocenters. The van der Waals surface area contributed by atoms with Crippen molar-refractivity contribution >= 4 is 40.4 Å². The van der Waals surface area contributed by atoms with Gasteiger partial charge in [0.05, 0.1) is 50.2 Å². The van der Waals surface area contributed by atoms with Crippen LogP contribution in [0.15, 0.2) is 54.6 Å². The number of carboxylic acid groups (broad SMARTS) is 1. The van der Waals surface area contributed by atoms with Crippen molar-refractivity contribution < 1.29 is 60.7 Å². The van der Waals surface area contributed by atoms with Gasteiger partial charge in [0.2, 0.25) is 11.8 Å². The molecular weight excluding hydrogens is 910 g/mol. The van der Waals surface area contributed by atoms with Gasteiger partial charge in [-0.25, -0.2) is 28.3 Å². The van der Waals surface area contributed by atoms with Crippen LogP contribution in [0.3, 0.4) is 0 Å². The molecule has 1 amide bonds. The summed E-state index contributed by atoms with van der Waals surface area (Å²) in [5, 5.41) is 20.7. The number of methoxy groups -OCH3 is 2. The van der Waals surface area contributed by atoms with Crippen LogP contribution >= 0.6 is 0 Å². The quantitative estimate of drug-likeness (QED) is 0.122. The Morgan fingerprint density at radius 1 is 0.928 bits per heavy atom. The summed E-state index contributed by atoms with van der Waals surface area (Å²) >= 11 is 0. The van der Waals surface area contributed by atoms with Gasteiger partial charge in [-0.3, -0.25) is 4.90 Å². The van der Waals surface area contributed by atoms with E-state index in [1.54, 1.807) is 81.1 Å². The average Bonchev–Trinajstić information content (AvgIpc) is 3.53. The van der Waals surface area contributed by atoms with Crippen LogP contribution in [-0.4, -0.2) is 111 Å². The highest BCUT2D eigenvalue weighted by molar-refractivity contribution is 5.99. The number of hydrogen-bond acceptors (Lipinski definition) is 13. The van der Waals surface area contributed by atoms with E-state index in [0.29, 0.717) is 35.5 Å². The second-order valence-corrected chi connectivity index (χ2v) is 19.0. The fourth-order valence-corrected chi connectivity index (χ4v) is 10.3. The average molecular weight is 962 g/mol. The number of rotatable bonds is 11. The van der Waals surface area contributed by atoms with Gasteiger partial charge in [-0.15, -0.1) is 0 Å². The molecule has 3 saturated heterocycles. The van der Waals surface area contributed by atoms with Crippen molar-refractivity contribution in [2.24, 2.45) is 0 Å². The van der Waals surface area contributed by atoms with Crippen molar-refractivity contribution in [2.45, 2.75) is 109 Å². The number of carbonyl (C=O) groups is 2. The number of ether oxygens (including phenoxy) is 4. The molecule has 4 aliphatic rings. The van der Waals surface area contributed by atoms with Gasteiger partial charge >= 0.3 is 18.2 Å². The molecule has 3 fully saturated rings. The topological polar surface area (TPSA) is 163 Å². The molecular formula is C49H52F5N7O8. The Bertz CT molecular complexity index is 2770. The van der Waals surface area contributed by atoms with E-state index in [1.807, 2.05) is 4.90 Å². The lowest BCUT2D eigenvalue weighted by molar-refractivity contribution is -0.148. The minimum Gasteiger partial charge on any atom is -0.497 e. The van der Waals surface area contributed by atoms with E-state index in [4.69, 9.17) is 23.9 Å². The second kappa shape index (κ2) is 17.4. The monoisotopic (exact) mass is 961 g/mol. The number of halogens is 5. The molecule has 2 bridgehead atoms. The molecule has 2 aromatic heterocycles. The zero-order chi connectivity index (χ0) is 49.5. The molecule has 0 radical (unpaired) electrons. The van der Waals surface area contributed by atoms with Crippen molar-refractivity contribution in [3.63, 3.8) is 0 Å². The van der Waals surface area contributed by atoms with E-state index in [9.17, 15) is 19.8 Å². The Kier molecular flexibility index (Phi) is 11.9. The highest BCUT2D eigenvalue weighted by atomic mass is 19.4. The van der Waals surface area contributed by atoms with Crippen LogP contribution in [0.1, 0.15) is 69.2 Å². The Labute approximate surface area is 394 Å². The van der Waals surface area contributed by atoms with E-state index < -0.39 is 99.8 Å². The number of carbonyl (C=O) groups excluding carboxylic acids is 1. The molecule has 69 heavy (non-hydrogen) atoms. The summed E-state index contributed by atoms with van der Waals surface area (Å²) in [7, 11) is 3.00. The van der Waals surface area contributed by atoms with Gasteiger partial charge in [0, 0.05) is 38.2 Å². The van der Waals surface area contributed by atoms with E-state index in [-0.39, 0.29) is 61.3 Å². The van der Waals surface area contributed by atoms with Gasteiger partial charge in [-0.05, 0) is 94.5 Å². The van der Waals surface area contributed by atoms with Gasteiger partial charge in [0.25, 0.3) is 0 Å². The molecule has 366 valence electrons. The highest BCUT2D eigenvalue weighted by Gasteiger charge is 2.56. The Morgan fingerprint density at radius 2 is 1.55 bits per heavy atom. The van der Waals surface area contributed by atoms with Crippen LogP contribution < -0.4 is 28.9 Å². The third-order valence-corrected chi connectivity index (χ3v) is 13.7. The number of fused-ring (bicyclic) bond motifs is 5. The minimum atomic E-state index is -5.24. The Morgan fingerprint density at radius 3 is 2.07 bits per heavy atom. The summed E-state index contributed by atoms with van der Waals surface area (Å²) in [5.41, 5.74) is -6.22. The fraction of sp³-hybridized carbons (Fsp3) is 0.449. The van der Waals surface area contributed by atoms with Crippen LogP contribution in [0.4, 0.5) is 44.2 Å². The van der Waals surface area contributed by atoms with Gasteiger partial charge in [0.15, 0.2) is 11.4 Å². The lowest BCUT2D eigenvalue weighted by Crippen LogP contribution is -2.68. The maximum absolute atomic E-state index is 18.0. The van der Waals surface area contributed by atoms with Crippen LogP contribution in [0, 0.1) is 18.6 Å². The SMILES string of the molecule is COc1ccc(CN(Cc2ccc(OC)cc2)c2cc(-c3nc4c5c(nc(N6CCC6(CO)C(=O)O)nc5c3F)N3C[C@H]5CC[C@@H]([C@H]3[C@H](C)O4)N5C(=O)OC(C)(C)C)c(C(F)(F)F)c(C)c2F)cc1. The zero-order valence-electron chi connectivity index (χ0n) is 39.0. The molecule has 3 aromatic carbocycles. The summed E-state index contributed by atoms with van der Waals surface area (Å²) in [4.78, 5) is 46.7. The number of anilines is 3. The third kappa shape index (κ3) is 8.18. The van der Waals surface area contributed by atoms with E-state index in [2.05, 4.69) is 9.97 Å². The smallest absolute Gasteiger partial charge is 0.417 e. The predicted molar refractivity (Wildman–Crippen MR) is 244 cm³/mol. The number of alkyl halides is 3. The van der Waals surface area contributed by atoms with Gasteiger partial charge in [-0.2, -0.15) is 18.2 Å². The number of nitrogens with zero attached hydrogens (tertiary/aromatic N) is 7. The van der Waals surface area contributed by atoms with E-state index >= 15 is 22.0 Å². The summed E-state index contributed by atoms with van der Waals surface area (Å²) in [6.07, 6.45) is -5.59. The molecule has 0 aliphatic carbocycles. The molecule has 0 spiro atoms. The lowest BCUT2D eigenvalue weighted by atomic mass is 9.86. The summed E-state index contributed by atoms with van der Waals surface area (Å²) in [5.74, 6) is -3.41. The number of piperazine rings is 1. The van der Waals surface area contributed by atoms with Crippen LogP contribution in [-0.2, 0) is 28.8 Å². The molecule has 0 saturated carbocycles. The van der Waals surface area contributed by atoms with Gasteiger partial charge < -0.3 is 43.9 Å². The number of aliphatic hydroxyl groups is 1. The summed E-state index contributed by atoms with van der Waals surface area (Å²) in [6, 6.07) is 13.0. The summed E-state index contributed by atoms with van der Waals surface area (Å²) in [6.45, 7) is 7.24. The number of aliphatic carboxylic acids is 1. The standard InChI is InChI=1S/C49H52F5N7O8/c1-25-36(49(52,53)54)32(20-34(37(25)50)58(21-27-8-13-30(66-6)14-9-27)22-28-10-15-31(67-7)16-11-28)39-38(51)40-35-42(57-45(56-40)60-19-18-48(60,24-62)44(63)64)59-23-29-12-17-33(41(59)26(2)68-43(35)55-39)61(29)46(65)69-47(3,4)5/h8-11,13-16,20,26,29,33,41,62H,12,17-19,21-24H2,1-7H3,(H,63,64)/t26-,29+,33-,41+,48?/m0/s1. The number of benzene rings is 3. The van der Waals surface area contributed by atoms with Crippen molar-refractivity contribution in [3.05, 3.63) is 88.5 Å². The van der Waals surface area contributed by atoms with Gasteiger partial charge in [-0.1, -0.05) is 24.3 Å². The molecule has 5 aromatic rings. The van der Waals surface area contributed by atoms with Crippen molar-refractivity contribution in [3.8, 4) is 28.6 Å². The first-order valence-electron chi connectivity index (χ1n) is 22.6. The largest absolute Gasteiger partial charge is 0.497 e. The number of pyridine rings is 1. The number of amides is 1. The van der Waals surface area contributed by atoms with Crippen molar-refractivity contribution in [1.82, 2.24) is 19.9 Å². The summed E-state index contributed by atoms with van der Waals surface area (Å²) < 4.78 is 105. The normalized spacial score (nSPS) is 21.8. The van der Waals surface area contributed by atoms with E-state index in [0.717, 1.165) is 13.0 Å². The van der Waals surface area contributed by atoms with Crippen molar-refractivity contribution in [1.29, 1.82) is 0 Å². The maximum atomic E-state index is 18.0. The van der Waals surface area contributed by atoms with Crippen LogP contribution in [0.2, 0.25) is 0 Å². The first-order valence-corrected chi connectivity index (χ1v) is 22.6. The molecule has 4 aliphatic heterocycles. The Balaban J connectivity index is 1.26. The molecule has 6 heterocycles. The molecule has 20 heteroatoms. The van der Waals surface area contributed by atoms with Crippen LogP contribution in [0.5, 0.6) is 17.4 Å².